The van der Waals surface area contributed by atoms with Gasteiger partial charge in [0.25, 0.3) is 5.91 Å². The Morgan fingerprint density at radius 2 is 1.77 bits per heavy atom. The lowest BCUT2D eigenvalue weighted by atomic mass is 10.2. The zero-order valence-corrected chi connectivity index (χ0v) is 14.4. The monoisotopic (exact) mass is 364 g/mol. The first-order chi connectivity index (χ1) is 10.5. The summed E-state index contributed by atoms with van der Waals surface area (Å²) in [5.74, 6) is -0.815. The average Bonchev–Trinajstić information content (AvgIpc) is 2.74. The number of aromatic hydroxyl groups is 1. The van der Waals surface area contributed by atoms with Crippen LogP contribution in [0.4, 0.5) is 0 Å². The molecule has 0 spiro atoms. The molecule has 1 aromatic rings. The number of carbonyl (C=O) groups is 1. The van der Waals surface area contributed by atoms with Crippen molar-refractivity contribution in [2.45, 2.75) is 25.7 Å². The second kappa shape index (κ2) is 8.25. The highest BCUT2D eigenvalue weighted by molar-refractivity contribution is 6.45. The van der Waals surface area contributed by atoms with Crippen molar-refractivity contribution in [2.75, 3.05) is 26.2 Å². The third-order valence-electron chi connectivity index (χ3n) is 3.78. The summed E-state index contributed by atoms with van der Waals surface area (Å²) in [5, 5.41) is 12.8. The number of phenols is 1. The smallest absolute Gasteiger partial charge is 0.256 e. The van der Waals surface area contributed by atoms with Crippen molar-refractivity contribution in [3.63, 3.8) is 0 Å². The Balaban J connectivity index is 1.95. The van der Waals surface area contributed by atoms with Gasteiger partial charge in [0.1, 0.15) is 11.3 Å². The summed E-state index contributed by atoms with van der Waals surface area (Å²) < 4.78 is 0. The number of phenolic OH excluding ortho intramolecular Hbond substituents is 1. The van der Waals surface area contributed by atoms with Crippen LogP contribution in [0, 0.1) is 0 Å². The maximum atomic E-state index is 12.2. The summed E-state index contributed by atoms with van der Waals surface area (Å²) in [4.78, 5) is 14.5. The molecule has 7 heteroatoms. The number of halogens is 3. The van der Waals surface area contributed by atoms with Gasteiger partial charge in [-0.05, 0) is 32.0 Å². The minimum absolute atomic E-state index is 0.00654. The van der Waals surface area contributed by atoms with Crippen LogP contribution in [-0.2, 0) is 0 Å². The number of rotatable bonds is 4. The topological polar surface area (TPSA) is 52.6 Å². The number of hydrogen-bond acceptors (Lipinski definition) is 3. The van der Waals surface area contributed by atoms with Crippen LogP contribution in [0.5, 0.6) is 5.75 Å². The van der Waals surface area contributed by atoms with Gasteiger partial charge in [-0.2, -0.15) is 0 Å². The number of nitrogens with one attached hydrogen (secondary N) is 1. The van der Waals surface area contributed by atoms with Crippen LogP contribution in [0.2, 0.25) is 15.1 Å². The number of amides is 1. The van der Waals surface area contributed by atoms with E-state index in [0.717, 1.165) is 19.6 Å². The summed E-state index contributed by atoms with van der Waals surface area (Å²) in [7, 11) is 0. The molecule has 0 radical (unpaired) electrons. The van der Waals surface area contributed by atoms with Gasteiger partial charge in [0, 0.05) is 13.1 Å². The van der Waals surface area contributed by atoms with Gasteiger partial charge in [0.05, 0.1) is 15.1 Å². The summed E-state index contributed by atoms with van der Waals surface area (Å²) in [6, 6.07) is 1.31. The molecule has 0 saturated carbocycles. The first kappa shape index (κ1) is 17.7. The lowest BCUT2D eigenvalue weighted by molar-refractivity contribution is 0.0946. The van der Waals surface area contributed by atoms with Crippen LogP contribution in [0.25, 0.3) is 0 Å². The zero-order valence-electron chi connectivity index (χ0n) is 12.2. The Hall–Kier alpha value is -0.680. The number of likely N-dealkylation sites (tertiary alicyclic amines) is 1. The Kier molecular flexibility index (Phi) is 6.63. The number of hydrogen-bond donors (Lipinski definition) is 2. The van der Waals surface area contributed by atoms with Crippen LogP contribution in [0.15, 0.2) is 6.07 Å². The highest BCUT2D eigenvalue weighted by atomic mass is 35.5. The largest absolute Gasteiger partial charge is 0.505 e. The average molecular weight is 366 g/mol. The Bertz CT molecular complexity index is 518. The molecule has 0 aliphatic carbocycles. The maximum Gasteiger partial charge on any atom is 0.256 e. The van der Waals surface area contributed by atoms with Crippen molar-refractivity contribution in [2.24, 2.45) is 0 Å². The summed E-state index contributed by atoms with van der Waals surface area (Å²) in [6.45, 7) is 3.38. The van der Waals surface area contributed by atoms with Crippen LogP contribution in [0.3, 0.4) is 0 Å². The maximum absolute atomic E-state index is 12.2. The van der Waals surface area contributed by atoms with Gasteiger partial charge in [-0.15, -0.1) is 0 Å². The van der Waals surface area contributed by atoms with Gasteiger partial charge >= 0.3 is 0 Å². The molecule has 4 nitrogen and oxygen atoms in total. The normalized spacial score (nSPS) is 16.3. The molecule has 2 N–H and O–H groups in total. The lowest BCUT2D eigenvalue weighted by Crippen LogP contribution is -2.35. The van der Waals surface area contributed by atoms with Gasteiger partial charge in [0.15, 0.2) is 0 Å². The molecule has 0 aromatic heterocycles. The van der Waals surface area contributed by atoms with Crippen molar-refractivity contribution >= 4 is 40.7 Å². The molecule has 1 saturated heterocycles. The molecule has 0 unspecified atom stereocenters. The molecule has 2 rings (SSSR count). The first-order valence-corrected chi connectivity index (χ1v) is 8.51. The number of nitrogens with zero attached hydrogens (tertiary/aromatic N) is 1. The van der Waals surface area contributed by atoms with Crippen molar-refractivity contribution in [3.05, 3.63) is 26.7 Å². The van der Waals surface area contributed by atoms with Crippen molar-refractivity contribution in [1.82, 2.24) is 10.2 Å². The van der Waals surface area contributed by atoms with E-state index in [1.165, 1.54) is 31.7 Å². The quantitative estimate of drug-likeness (QED) is 0.794. The van der Waals surface area contributed by atoms with E-state index in [9.17, 15) is 9.90 Å². The second-order valence-corrected chi connectivity index (χ2v) is 6.58. The second-order valence-electron chi connectivity index (χ2n) is 5.39. The van der Waals surface area contributed by atoms with E-state index in [2.05, 4.69) is 10.2 Å². The fraction of sp³-hybridized carbons (Fsp3) is 0.533. The van der Waals surface area contributed by atoms with Crippen molar-refractivity contribution in [3.8, 4) is 5.75 Å². The van der Waals surface area contributed by atoms with Crippen LogP contribution in [0.1, 0.15) is 36.0 Å². The predicted octanol–water partition coefficient (Wildman–Crippen LogP) is 3.96. The first-order valence-electron chi connectivity index (χ1n) is 7.37. The molecular weight excluding hydrogens is 347 g/mol. The molecule has 122 valence electrons. The minimum Gasteiger partial charge on any atom is -0.505 e. The molecule has 1 fully saturated rings. The molecule has 1 heterocycles. The Labute approximate surface area is 145 Å². The molecule has 0 atom stereocenters. The van der Waals surface area contributed by atoms with Crippen LogP contribution < -0.4 is 5.32 Å². The molecular formula is C15H19Cl3N2O2. The summed E-state index contributed by atoms with van der Waals surface area (Å²) >= 11 is 17.7. The molecule has 1 amide bonds. The van der Waals surface area contributed by atoms with Crippen molar-refractivity contribution in [1.29, 1.82) is 0 Å². The van der Waals surface area contributed by atoms with Crippen LogP contribution in [-0.4, -0.2) is 42.1 Å². The van der Waals surface area contributed by atoms with E-state index >= 15 is 0 Å². The standard InChI is InChI=1S/C15H19Cl3N2O2/c16-10-9-11(17)14(21)12(13(10)18)15(22)19-5-8-20-6-3-1-2-4-7-20/h9,21H,1-8H2,(H,19,22). The van der Waals surface area contributed by atoms with E-state index in [-0.39, 0.29) is 26.4 Å². The van der Waals surface area contributed by atoms with Crippen molar-refractivity contribution < 1.29 is 9.90 Å². The number of benzene rings is 1. The predicted molar refractivity (Wildman–Crippen MR) is 90.4 cm³/mol. The molecule has 22 heavy (non-hydrogen) atoms. The molecule has 1 aliphatic rings. The molecule has 1 aromatic carbocycles. The van der Waals surface area contributed by atoms with Gasteiger partial charge < -0.3 is 15.3 Å². The van der Waals surface area contributed by atoms with Crippen LogP contribution >= 0.6 is 34.8 Å². The number of carbonyl (C=O) groups excluding carboxylic acids is 1. The Morgan fingerprint density at radius 3 is 2.41 bits per heavy atom. The fourth-order valence-corrected chi connectivity index (χ4v) is 3.26. The summed E-state index contributed by atoms with van der Waals surface area (Å²) in [6.07, 6.45) is 4.94. The van der Waals surface area contributed by atoms with E-state index in [0.29, 0.717) is 6.54 Å². The zero-order chi connectivity index (χ0) is 16.1. The van der Waals surface area contributed by atoms with Gasteiger partial charge in [-0.3, -0.25) is 4.79 Å². The third-order valence-corrected chi connectivity index (χ3v) is 4.86. The highest BCUT2D eigenvalue weighted by Gasteiger charge is 2.21. The fourth-order valence-electron chi connectivity index (χ4n) is 2.57. The molecule has 0 bridgehead atoms. The Morgan fingerprint density at radius 1 is 1.14 bits per heavy atom. The van der Waals surface area contributed by atoms with E-state index in [4.69, 9.17) is 34.8 Å². The highest BCUT2D eigenvalue weighted by Crippen LogP contribution is 2.38. The van der Waals surface area contributed by atoms with Gasteiger partial charge in [-0.1, -0.05) is 47.6 Å². The molecule has 1 aliphatic heterocycles. The van der Waals surface area contributed by atoms with Gasteiger partial charge in [0.2, 0.25) is 0 Å². The van der Waals surface area contributed by atoms with E-state index < -0.39 is 5.91 Å². The SMILES string of the molecule is O=C(NCCN1CCCCCC1)c1c(O)c(Cl)cc(Cl)c1Cl. The summed E-state index contributed by atoms with van der Waals surface area (Å²) in [5.41, 5.74) is -0.0740. The van der Waals surface area contributed by atoms with Gasteiger partial charge in [-0.25, -0.2) is 0 Å². The lowest BCUT2D eigenvalue weighted by Gasteiger charge is -2.20. The minimum atomic E-state index is -0.471. The van der Waals surface area contributed by atoms with E-state index in [1.54, 1.807) is 0 Å². The van der Waals surface area contributed by atoms with E-state index in [1.807, 2.05) is 0 Å². The third kappa shape index (κ3) is 4.42.